The minimum Gasteiger partial charge on any atom is -0.456 e. The van der Waals surface area contributed by atoms with Crippen LogP contribution in [0.25, 0.3) is 0 Å². The van der Waals surface area contributed by atoms with Gasteiger partial charge >= 0.3 is 5.97 Å². The van der Waals surface area contributed by atoms with Gasteiger partial charge in [0.05, 0.1) is 11.3 Å². The predicted octanol–water partition coefficient (Wildman–Crippen LogP) is 3.55. The summed E-state index contributed by atoms with van der Waals surface area (Å²) in [6.45, 7) is 0.488. The number of ether oxygens (including phenoxy) is 3. The molecule has 0 amide bonds. The zero-order valence-corrected chi connectivity index (χ0v) is 14.1. The summed E-state index contributed by atoms with van der Waals surface area (Å²) in [4.78, 5) is 12.3. The molecule has 6 heteroatoms. The highest BCUT2D eigenvalue weighted by molar-refractivity contribution is 9.10. The second-order valence-electron chi connectivity index (χ2n) is 5.87. The number of hydrogen-bond donors (Lipinski definition) is 1. The van der Waals surface area contributed by atoms with Gasteiger partial charge in [-0.2, -0.15) is 0 Å². The first-order valence-electron chi connectivity index (χ1n) is 7.57. The summed E-state index contributed by atoms with van der Waals surface area (Å²) in [5, 5.41) is 3.32. The highest BCUT2D eigenvalue weighted by atomic mass is 79.9. The Hall–Kier alpha value is -2.47. The highest BCUT2D eigenvalue weighted by Gasteiger charge is 2.39. The molecule has 0 saturated heterocycles. The van der Waals surface area contributed by atoms with Gasteiger partial charge < -0.3 is 19.5 Å². The van der Waals surface area contributed by atoms with Gasteiger partial charge in [-0.15, -0.1) is 0 Å². The van der Waals surface area contributed by atoms with Crippen molar-refractivity contribution in [2.45, 2.75) is 5.92 Å². The van der Waals surface area contributed by atoms with Crippen LogP contribution in [0.5, 0.6) is 11.5 Å². The van der Waals surface area contributed by atoms with Gasteiger partial charge in [0.2, 0.25) is 6.79 Å². The predicted molar refractivity (Wildman–Crippen MR) is 90.2 cm³/mol. The van der Waals surface area contributed by atoms with Gasteiger partial charge in [-0.1, -0.05) is 28.1 Å². The molecule has 0 saturated carbocycles. The maximum atomic E-state index is 12.3. The molecule has 3 aliphatic heterocycles. The number of benzene rings is 2. The maximum absolute atomic E-state index is 12.3. The van der Waals surface area contributed by atoms with Crippen LogP contribution in [0.1, 0.15) is 17.0 Å². The first-order valence-corrected chi connectivity index (χ1v) is 8.36. The fourth-order valence-electron chi connectivity index (χ4n) is 3.47. The number of carbonyl (C=O) groups is 1. The van der Waals surface area contributed by atoms with Crippen molar-refractivity contribution >= 4 is 27.6 Å². The van der Waals surface area contributed by atoms with Gasteiger partial charge in [0.25, 0.3) is 0 Å². The number of halogens is 1. The third kappa shape index (κ3) is 1.96. The van der Waals surface area contributed by atoms with Crippen molar-refractivity contribution in [1.82, 2.24) is 0 Å². The first kappa shape index (κ1) is 13.9. The fraction of sp³-hybridized carbons (Fsp3) is 0.167. The molecule has 2 aromatic carbocycles. The summed E-state index contributed by atoms with van der Waals surface area (Å²) in [7, 11) is 0. The maximum Gasteiger partial charge on any atom is 0.337 e. The third-order valence-electron chi connectivity index (χ3n) is 4.50. The van der Waals surface area contributed by atoms with Gasteiger partial charge in [0.15, 0.2) is 11.5 Å². The molecule has 5 nitrogen and oxygen atoms in total. The molecule has 0 bridgehead atoms. The van der Waals surface area contributed by atoms with Crippen LogP contribution in [0.3, 0.4) is 0 Å². The molecule has 2 aromatic rings. The monoisotopic (exact) mass is 385 g/mol. The minimum atomic E-state index is -0.272. The lowest BCUT2D eigenvalue weighted by Crippen LogP contribution is -2.19. The van der Waals surface area contributed by atoms with Gasteiger partial charge in [0.1, 0.15) is 6.61 Å². The zero-order valence-electron chi connectivity index (χ0n) is 12.5. The van der Waals surface area contributed by atoms with Crippen molar-refractivity contribution in [2.24, 2.45) is 0 Å². The number of anilines is 1. The van der Waals surface area contributed by atoms with Crippen LogP contribution in [-0.4, -0.2) is 19.4 Å². The number of cyclic esters (lactones) is 1. The standard InChI is InChI=1S/C18H12BrNO4/c19-10-3-1-2-9(4-10)16-11-5-14-15(24-8-23-14)6-12(11)20-13-7-22-18(21)17(13)16/h1-6,16,20H,7-8H2/t16-/m1/s1. The molecule has 1 N–H and O–H groups in total. The Labute approximate surface area is 146 Å². The SMILES string of the molecule is O=C1OCC2=C1[C@H](c1cccc(Br)c1)c1cc3c(cc1N2)OCO3. The lowest BCUT2D eigenvalue weighted by atomic mass is 9.81. The Balaban J connectivity index is 1.75. The van der Waals surface area contributed by atoms with Gasteiger partial charge in [-0.05, 0) is 29.3 Å². The topological polar surface area (TPSA) is 56.8 Å². The molecule has 5 rings (SSSR count). The molecule has 120 valence electrons. The molecule has 0 aliphatic carbocycles. The highest BCUT2D eigenvalue weighted by Crippen LogP contribution is 2.48. The van der Waals surface area contributed by atoms with Crippen LogP contribution in [0.4, 0.5) is 5.69 Å². The van der Waals surface area contributed by atoms with Gasteiger partial charge in [-0.3, -0.25) is 0 Å². The van der Waals surface area contributed by atoms with E-state index in [1.165, 1.54) is 0 Å². The van der Waals surface area contributed by atoms with E-state index in [4.69, 9.17) is 14.2 Å². The fourth-order valence-corrected chi connectivity index (χ4v) is 3.88. The second kappa shape index (κ2) is 5.01. The van der Waals surface area contributed by atoms with Crippen LogP contribution in [0.2, 0.25) is 0 Å². The van der Waals surface area contributed by atoms with E-state index in [0.717, 1.165) is 27.0 Å². The van der Waals surface area contributed by atoms with Crippen LogP contribution >= 0.6 is 15.9 Å². The average Bonchev–Trinajstić information content (AvgIpc) is 3.17. The van der Waals surface area contributed by atoms with Crippen molar-refractivity contribution in [1.29, 1.82) is 0 Å². The number of carbonyl (C=O) groups excluding carboxylic acids is 1. The molecular formula is C18H12BrNO4. The Morgan fingerprint density at radius 2 is 1.92 bits per heavy atom. The quantitative estimate of drug-likeness (QED) is 0.760. The molecule has 0 unspecified atom stereocenters. The van der Waals surface area contributed by atoms with Crippen molar-refractivity contribution in [3.8, 4) is 11.5 Å². The Morgan fingerprint density at radius 3 is 2.75 bits per heavy atom. The van der Waals surface area contributed by atoms with E-state index in [-0.39, 0.29) is 25.3 Å². The van der Waals surface area contributed by atoms with Crippen molar-refractivity contribution in [3.63, 3.8) is 0 Å². The van der Waals surface area contributed by atoms with Gasteiger partial charge in [0, 0.05) is 22.1 Å². The van der Waals surface area contributed by atoms with Crippen LogP contribution < -0.4 is 14.8 Å². The zero-order chi connectivity index (χ0) is 16.3. The summed E-state index contributed by atoms with van der Waals surface area (Å²) in [5.41, 5.74) is 4.41. The summed E-state index contributed by atoms with van der Waals surface area (Å²) in [6, 6.07) is 11.9. The molecular weight excluding hydrogens is 374 g/mol. The van der Waals surface area contributed by atoms with E-state index < -0.39 is 0 Å². The first-order chi connectivity index (χ1) is 11.7. The van der Waals surface area contributed by atoms with Crippen molar-refractivity contribution in [2.75, 3.05) is 18.7 Å². The summed E-state index contributed by atoms with van der Waals surface area (Å²) >= 11 is 3.51. The number of hydrogen-bond acceptors (Lipinski definition) is 5. The van der Waals surface area contributed by atoms with Crippen LogP contribution in [-0.2, 0) is 9.53 Å². The molecule has 0 spiro atoms. The smallest absolute Gasteiger partial charge is 0.337 e. The molecule has 24 heavy (non-hydrogen) atoms. The van der Waals surface area contributed by atoms with Crippen LogP contribution in [0, 0.1) is 0 Å². The van der Waals surface area contributed by atoms with Gasteiger partial charge in [-0.25, -0.2) is 4.79 Å². The van der Waals surface area contributed by atoms with Crippen LogP contribution in [0.15, 0.2) is 52.1 Å². The normalized spacial score (nSPS) is 20.4. The van der Waals surface area contributed by atoms with E-state index in [9.17, 15) is 4.79 Å². The Morgan fingerprint density at radius 1 is 1.08 bits per heavy atom. The van der Waals surface area contributed by atoms with E-state index in [0.29, 0.717) is 17.1 Å². The van der Waals surface area contributed by atoms with E-state index >= 15 is 0 Å². The molecule has 3 aliphatic rings. The average molecular weight is 386 g/mol. The summed E-state index contributed by atoms with van der Waals surface area (Å²) in [5.74, 6) is 0.943. The second-order valence-corrected chi connectivity index (χ2v) is 6.79. The lowest BCUT2D eigenvalue weighted by Gasteiger charge is -2.27. The summed E-state index contributed by atoms with van der Waals surface area (Å²) in [6.07, 6.45) is 0. The number of esters is 1. The largest absolute Gasteiger partial charge is 0.456 e. The Bertz CT molecular complexity index is 921. The molecule has 3 heterocycles. The lowest BCUT2D eigenvalue weighted by molar-refractivity contribution is -0.136. The summed E-state index contributed by atoms with van der Waals surface area (Å²) < 4.78 is 17.2. The minimum absolute atomic E-state index is 0.196. The number of nitrogens with one attached hydrogen (secondary N) is 1. The molecule has 0 aromatic heterocycles. The molecule has 1 atom stereocenters. The van der Waals surface area contributed by atoms with Crippen molar-refractivity contribution in [3.05, 3.63) is 63.3 Å². The van der Waals surface area contributed by atoms with E-state index in [1.54, 1.807) is 0 Å². The number of rotatable bonds is 1. The number of fused-ring (bicyclic) bond motifs is 2. The molecule has 0 radical (unpaired) electrons. The Kier molecular flexibility index (Phi) is 2.91. The van der Waals surface area contributed by atoms with Crippen molar-refractivity contribution < 1.29 is 19.0 Å². The van der Waals surface area contributed by atoms with E-state index in [1.807, 2.05) is 36.4 Å². The van der Waals surface area contributed by atoms with E-state index in [2.05, 4.69) is 21.2 Å². The third-order valence-corrected chi connectivity index (χ3v) is 5.00. The molecule has 0 fully saturated rings.